The predicted molar refractivity (Wildman–Crippen MR) is 76.1 cm³/mol. The lowest BCUT2D eigenvalue weighted by Gasteiger charge is -2.37. The highest BCUT2D eigenvalue weighted by Crippen LogP contribution is 2.34. The summed E-state index contributed by atoms with van der Waals surface area (Å²) >= 11 is 0. The zero-order valence-corrected chi connectivity index (χ0v) is 12.1. The fourth-order valence-corrected chi connectivity index (χ4v) is 3.50. The number of nitrogens with one attached hydrogen (secondary N) is 1. The van der Waals surface area contributed by atoms with E-state index in [-0.39, 0.29) is 11.6 Å². The number of rotatable bonds is 3. The zero-order valence-electron chi connectivity index (χ0n) is 12.1. The molecule has 2 saturated heterocycles. The number of halogens is 2. The van der Waals surface area contributed by atoms with Crippen LogP contribution in [0.3, 0.4) is 0 Å². The molecule has 0 spiro atoms. The molecule has 5 heteroatoms. The van der Waals surface area contributed by atoms with Crippen LogP contribution in [-0.4, -0.2) is 36.0 Å². The van der Waals surface area contributed by atoms with Crippen LogP contribution in [0.2, 0.25) is 0 Å². The summed E-state index contributed by atoms with van der Waals surface area (Å²) in [6.45, 7) is 0. The number of likely N-dealkylation sites (N-methyl/N-ethyl adjacent to an activating group) is 1. The first-order valence-electron chi connectivity index (χ1n) is 7.45. The summed E-state index contributed by atoms with van der Waals surface area (Å²) in [5.74, 6) is -4.56. The van der Waals surface area contributed by atoms with Gasteiger partial charge in [-0.1, -0.05) is 30.3 Å². The molecule has 3 nitrogen and oxygen atoms in total. The Balaban J connectivity index is 1.75. The number of nitrogens with zero attached hydrogens (tertiary/aromatic N) is 1. The van der Waals surface area contributed by atoms with Crippen LogP contribution in [0.1, 0.15) is 31.2 Å². The molecule has 1 aromatic rings. The highest BCUT2D eigenvalue weighted by atomic mass is 19.3. The van der Waals surface area contributed by atoms with E-state index in [1.807, 2.05) is 0 Å². The first-order chi connectivity index (χ1) is 9.98. The summed E-state index contributed by atoms with van der Waals surface area (Å²) in [6.07, 6.45) is 3.70. The third kappa shape index (κ3) is 2.67. The number of carbonyl (C=O) groups excluding carboxylic acids is 1. The van der Waals surface area contributed by atoms with E-state index in [4.69, 9.17) is 0 Å². The van der Waals surface area contributed by atoms with E-state index in [1.165, 1.54) is 36.2 Å². The second-order valence-electron chi connectivity index (χ2n) is 6.12. The van der Waals surface area contributed by atoms with Gasteiger partial charge in [-0.2, -0.15) is 8.78 Å². The lowest BCUT2D eigenvalue weighted by atomic mass is 9.97. The van der Waals surface area contributed by atoms with Crippen LogP contribution in [0.5, 0.6) is 0 Å². The number of carbonyl (C=O) groups is 1. The highest BCUT2D eigenvalue weighted by Gasteiger charge is 2.46. The van der Waals surface area contributed by atoms with E-state index in [2.05, 4.69) is 5.32 Å². The molecular weight excluding hydrogens is 274 g/mol. The maximum absolute atomic E-state index is 14.4. The van der Waals surface area contributed by atoms with Gasteiger partial charge in [-0.05, 0) is 25.7 Å². The smallest absolute Gasteiger partial charge is 0.337 e. The fourth-order valence-electron chi connectivity index (χ4n) is 3.50. The molecule has 2 heterocycles. The molecule has 2 atom stereocenters. The number of alkyl halides is 2. The lowest BCUT2D eigenvalue weighted by molar-refractivity contribution is -0.160. The van der Waals surface area contributed by atoms with Gasteiger partial charge in [-0.15, -0.1) is 0 Å². The van der Waals surface area contributed by atoms with E-state index in [0.717, 1.165) is 25.7 Å². The second kappa shape index (κ2) is 5.37. The Bertz CT molecular complexity index is 508. The van der Waals surface area contributed by atoms with Crippen LogP contribution >= 0.6 is 0 Å². The van der Waals surface area contributed by atoms with Crippen molar-refractivity contribution in [3.05, 3.63) is 35.9 Å². The van der Waals surface area contributed by atoms with Crippen LogP contribution in [0.15, 0.2) is 30.3 Å². The Morgan fingerprint density at radius 1 is 1.19 bits per heavy atom. The van der Waals surface area contributed by atoms with Crippen molar-refractivity contribution >= 4 is 5.91 Å². The van der Waals surface area contributed by atoms with Gasteiger partial charge in [0, 0.05) is 30.7 Å². The number of hydrogen-bond donors (Lipinski definition) is 1. The number of benzene rings is 1. The highest BCUT2D eigenvalue weighted by molar-refractivity contribution is 5.85. The molecule has 2 bridgehead atoms. The predicted octanol–water partition coefficient (Wildman–Crippen LogP) is 2.52. The third-order valence-corrected chi connectivity index (χ3v) is 4.72. The molecule has 0 radical (unpaired) electrons. The van der Waals surface area contributed by atoms with Gasteiger partial charge in [-0.3, -0.25) is 4.79 Å². The minimum absolute atomic E-state index is 0.0918. The first kappa shape index (κ1) is 14.4. The van der Waals surface area contributed by atoms with Gasteiger partial charge in [0.1, 0.15) is 0 Å². The third-order valence-electron chi connectivity index (χ3n) is 4.72. The van der Waals surface area contributed by atoms with Crippen molar-refractivity contribution in [2.45, 2.75) is 49.7 Å². The molecular formula is C16H20F2N2O. The summed E-state index contributed by atoms with van der Waals surface area (Å²) in [5, 5.41) is 3.46. The summed E-state index contributed by atoms with van der Waals surface area (Å²) in [5.41, 5.74) is -0.237. The Labute approximate surface area is 123 Å². The van der Waals surface area contributed by atoms with Crippen LogP contribution in [0.4, 0.5) is 8.78 Å². The van der Waals surface area contributed by atoms with Crippen molar-refractivity contribution in [2.24, 2.45) is 0 Å². The summed E-state index contributed by atoms with van der Waals surface area (Å²) < 4.78 is 28.7. The Kier molecular flexibility index (Phi) is 3.69. The molecule has 0 aromatic heterocycles. The number of fused-ring (bicyclic) bond motifs is 2. The van der Waals surface area contributed by atoms with Crippen LogP contribution in [-0.2, 0) is 10.7 Å². The number of piperidine rings is 1. The molecule has 21 heavy (non-hydrogen) atoms. The van der Waals surface area contributed by atoms with E-state index < -0.39 is 11.8 Å². The van der Waals surface area contributed by atoms with Crippen LogP contribution in [0, 0.1) is 0 Å². The van der Waals surface area contributed by atoms with Crippen LogP contribution < -0.4 is 5.32 Å². The van der Waals surface area contributed by atoms with Crippen molar-refractivity contribution in [2.75, 3.05) is 7.05 Å². The SMILES string of the molecule is CN(C(=O)C(F)(F)c1ccccc1)C1CC2CCC(C1)N2. The van der Waals surface area contributed by atoms with E-state index >= 15 is 0 Å². The fraction of sp³-hybridized carbons (Fsp3) is 0.562. The van der Waals surface area contributed by atoms with Gasteiger partial charge >= 0.3 is 5.92 Å². The maximum atomic E-state index is 14.4. The van der Waals surface area contributed by atoms with E-state index in [0.29, 0.717) is 12.1 Å². The van der Waals surface area contributed by atoms with Gasteiger partial charge < -0.3 is 10.2 Å². The molecule has 1 amide bonds. The van der Waals surface area contributed by atoms with Crippen molar-refractivity contribution in [1.82, 2.24) is 10.2 Å². The first-order valence-corrected chi connectivity index (χ1v) is 7.45. The standard InChI is InChI=1S/C16H20F2N2O/c1-20(14-9-12-7-8-13(10-14)19-12)15(21)16(17,18)11-5-3-2-4-6-11/h2-6,12-14,19H,7-10H2,1H3. The summed E-state index contributed by atoms with van der Waals surface area (Å²) in [6, 6.07) is 7.98. The Hall–Kier alpha value is -1.49. The zero-order chi connectivity index (χ0) is 15.0. The molecule has 2 aliphatic rings. The minimum atomic E-state index is -3.46. The van der Waals surface area contributed by atoms with Gasteiger partial charge in [-0.25, -0.2) is 0 Å². The second-order valence-corrected chi connectivity index (χ2v) is 6.12. The molecule has 0 aliphatic carbocycles. The number of hydrogen-bond acceptors (Lipinski definition) is 2. The molecule has 114 valence electrons. The number of amides is 1. The van der Waals surface area contributed by atoms with Crippen molar-refractivity contribution in [3.63, 3.8) is 0 Å². The van der Waals surface area contributed by atoms with Gasteiger partial charge in [0.05, 0.1) is 0 Å². The molecule has 2 fully saturated rings. The molecule has 2 unspecified atom stereocenters. The normalized spacial score (nSPS) is 28.4. The van der Waals surface area contributed by atoms with Crippen molar-refractivity contribution in [3.8, 4) is 0 Å². The topological polar surface area (TPSA) is 32.3 Å². The largest absolute Gasteiger partial charge is 0.349 e. The minimum Gasteiger partial charge on any atom is -0.337 e. The van der Waals surface area contributed by atoms with Crippen molar-refractivity contribution < 1.29 is 13.6 Å². The quantitative estimate of drug-likeness (QED) is 0.929. The molecule has 1 aromatic carbocycles. The average Bonchev–Trinajstić information content (AvgIpc) is 2.85. The van der Waals surface area contributed by atoms with E-state index in [1.54, 1.807) is 6.07 Å². The molecule has 3 rings (SSSR count). The molecule has 2 aliphatic heterocycles. The Morgan fingerprint density at radius 3 is 2.33 bits per heavy atom. The maximum Gasteiger partial charge on any atom is 0.349 e. The van der Waals surface area contributed by atoms with Crippen molar-refractivity contribution in [1.29, 1.82) is 0 Å². The van der Waals surface area contributed by atoms with Gasteiger partial charge in [0.2, 0.25) is 0 Å². The molecule has 0 saturated carbocycles. The van der Waals surface area contributed by atoms with Crippen LogP contribution in [0.25, 0.3) is 0 Å². The van der Waals surface area contributed by atoms with Gasteiger partial charge in [0.15, 0.2) is 0 Å². The monoisotopic (exact) mass is 294 g/mol. The van der Waals surface area contributed by atoms with E-state index in [9.17, 15) is 13.6 Å². The average molecular weight is 294 g/mol. The lowest BCUT2D eigenvalue weighted by Crippen LogP contribution is -2.51. The summed E-state index contributed by atoms with van der Waals surface area (Å²) in [4.78, 5) is 13.5. The molecule has 1 N–H and O–H groups in total. The van der Waals surface area contributed by atoms with Gasteiger partial charge in [0.25, 0.3) is 5.91 Å². The summed E-state index contributed by atoms with van der Waals surface area (Å²) in [7, 11) is 1.51. The Morgan fingerprint density at radius 2 is 1.76 bits per heavy atom.